The molecule has 1 aromatic carbocycles. The van der Waals surface area contributed by atoms with Crippen LogP contribution in [0.1, 0.15) is 36.8 Å². The minimum absolute atomic E-state index is 0.0255. The van der Waals surface area contributed by atoms with Gasteiger partial charge in [-0.3, -0.25) is 9.59 Å². The highest BCUT2D eigenvalue weighted by atomic mass is 16.3. The van der Waals surface area contributed by atoms with E-state index in [-0.39, 0.29) is 23.2 Å². The predicted molar refractivity (Wildman–Crippen MR) is 64.0 cm³/mol. The third-order valence-corrected chi connectivity index (χ3v) is 3.32. The fourth-order valence-electron chi connectivity index (χ4n) is 2.46. The first-order chi connectivity index (χ1) is 7.99. The number of carbonyl (C=O) groups is 2. The number of Topliss-reactive ketones (excluding diaryl/α,β-unsaturated/α-hetero) is 2. The van der Waals surface area contributed by atoms with E-state index in [4.69, 9.17) is 0 Å². The summed E-state index contributed by atoms with van der Waals surface area (Å²) in [7, 11) is 0. The lowest BCUT2D eigenvalue weighted by atomic mass is 9.76. The first-order valence-electron chi connectivity index (χ1n) is 5.84. The Morgan fingerprint density at radius 1 is 1.18 bits per heavy atom. The van der Waals surface area contributed by atoms with Gasteiger partial charge in [-0.15, -0.1) is 0 Å². The van der Waals surface area contributed by atoms with Crippen LogP contribution in [0.2, 0.25) is 0 Å². The zero-order valence-corrected chi connectivity index (χ0v) is 10.1. The Kier molecular flexibility index (Phi) is 3.01. The quantitative estimate of drug-likeness (QED) is 0.756. The predicted octanol–water partition coefficient (Wildman–Crippen LogP) is 2.35. The molecule has 1 aliphatic rings. The van der Waals surface area contributed by atoms with Crippen LogP contribution in [0.3, 0.4) is 0 Å². The van der Waals surface area contributed by atoms with Gasteiger partial charge in [-0.2, -0.15) is 0 Å². The minimum Gasteiger partial charge on any atom is -0.508 e. The Balaban J connectivity index is 2.41. The molecule has 90 valence electrons. The van der Waals surface area contributed by atoms with Crippen LogP contribution < -0.4 is 0 Å². The Hall–Kier alpha value is -1.64. The summed E-state index contributed by atoms with van der Waals surface area (Å²) < 4.78 is 0. The molecule has 2 rings (SSSR count). The average Bonchev–Trinajstić information content (AvgIpc) is 2.21. The van der Waals surface area contributed by atoms with Gasteiger partial charge in [-0.05, 0) is 36.1 Å². The maximum Gasteiger partial charge on any atom is 0.148 e. The molecule has 3 nitrogen and oxygen atoms in total. The van der Waals surface area contributed by atoms with Gasteiger partial charge >= 0.3 is 0 Å². The van der Waals surface area contributed by atoms with Crippen molar-refractivity contribution in [1.29, 1.82) is 0 Å². The largest absolute Gasteiger partial charge is 0.508 e. The van der Waals surface area contributed by atoms with Crippen molar-refractivity contribution >= 4 is 11.6 Å². The van der Waals surface area contributed by atoms with E-state index in [1.54, 1.807) is 12.1 Å². The summed E-state index contributed by atoms with van der Waals surface area (Å²) in [5, 5.41) is 9.47. The standard InChI is InChI=1S/C14H16O3/c1-8-5-12(16)14(13(17)6-8)11-7-10(15)4-3-9(11)2/h3-4,7-8,14-15H,5-6H2,1-2H3. The van der Waals surface area contributed by atoms with Gasteiger partial charge in [-0.25, -0.2) is 0 Å². The van der Waals surface area contributed by atoms with Gasteiger partial charge in [0.2, 0.25) is 0 Å². The van der Waals surface area contributed by atoms with E-state index in [9.17, 15) is 14.7 Å². The number of phenolic OH excluding ortho intramolecular Hbond substituents is 1. The third kappa shape index (κ3) is 2.23. The molecule has 0 aliphatic heterocycles. The van der Waals surface area contributed by atoms with Gasteiger partial charge in [-0.1, -0.05) is 13.0 Å². The van der Waals surface area contributed by atoms with Crippen molar-refractivity contribution in [2.24, 2.45) is 5.92 Å². The van der Waals surface area contributed by atoms with Crippen LogP contribution in [-0.4, -0.2) is 16.7 Å². The lowest BCUT2D eigenvalue weighted by Crippen LogP contribution is -2.31. The van der Waals surface area contributed by atoms with Gasteiger partial charge in [0.05, 0.1) is 0 Å². The molecule has 1 aromatic rings. The van der Waals surface area contributed by atoms with Crippen molar-refractivity contribution in [2.45, 2.75) is 32.6 Å². The molecule has 0 spiro atoms. The number of benzene rings is 1. The summed E-state index contributed by atoms with van der Waals surface area (Å²) in [6.07, 6.45) is 0.900. The molecule has 0 heterocycles. The molecule has 3 heteroatoms. The number of ketones is 2. The van der Waals surface area contributed by atoms with Crippen LogP contribution in [0.25, 0.3) is 0 Å². The molecular weight excluding hydrogens is 216 g/mol. The van der Waals surface area contributed by atoms with E-state index < -0.39 is 5.92 Å². The van der Waals surface area contributed by atoms with Gasteiger partial charge < -0.3 is 5.11 Å². The first kappa shape index (κ1) is 11.8. The SMILES string of the molecule is Cc1ccc(O)cc1C1C(=O)CC(C)CC1=O. The molecule has 1 N–H and O–H groups in total. The van der Waals surface area contributed by atoms with Crippen LogP contribution in [0.5, 0.6) is 5.75 Å². The van der Waals surface area contributed by atoms with Crippen LogP contribution >= 0.6 is 0 Å². The molecule has 0 atom stereocenters. The zero-order valence-electron chi connectivity index (χ0n) is 10.1. The molecule has 1 saturated carbocycles. The highest BCUT2D eigenvalue weighted by Gasteiger charge is 2.35. The minimum atomic E-state index is -0.668. The second-order valence-electron chi connectivity index (χ2n) is 4.92. The molecule has 0 amide bonds. The maximum atomic E-state index is 12.0. The molecule has 0 saturated heterocycles. The molecule has 17 heavy (non-hydrogen) atoms. The highest BCUT2D eigenvalue weighted by Crippen LogP contribution is 2.33. The van der Waals surface area contributed by atoms with E-state index in [2.05, 4.69) is 0 Å². The van der Waals surface area contributed by atoms with E-state index in [1.807, 2.05) is 13.8 Å². The molecular formula is C14H16O3. The van der Waals surface area contributed by atoms with Crippen LogP contribution in [0.15, 0.2) is 18.2 Å². The molecule has 0 aromatic heterocycles. The molecule has 0 radical (unpaired) electrons. The molecule has 1 fully saturated rings. The third-order valence-electron chi connectivity index (χ3n) is 3.32. The number of rotatable bonds is 1. The molecule has 0 bridgehead atoms. The van der Waals surface area contributed by atoms with Crippen molar-refractivity contribution in [3.05, 3.63) is 29.3 Å². The topological polar surface area (TPSA) is 54.4 Å². The van der Waals surface area contributed by atoms with Crippen molar-refractivity contribution in [2.75, 3.05) is 0 Å². The Labute approximate surface area is 100 Å². The lowest BCUT2D eigenvalue weighted by molar-refractivity contribution is -0.133. The van der Waals surface area contributed by atoms with Crippen molar-refractivity contribution < 1.29 is 14.7 Å². The Morgan fingerprint density at radius 2 is 1.76 bits per heavy atom. The summed E-state index contributed by atoms with van der Waals surface area (Å²) in [6.45, 7) is 3.77. The monoisotopic (exact) mass is 232 g/mol. The second kappa shape index (κ2) is 4.32. The molecule has 1 aliphatic carbocycles. The number of carbonyl (C=O) groups excluding carboxylic acids is 2. The second-order valence-corrected chi connectivity index (χ2v) is 4.92. The molecule has 0 unspecified atom stereocenters. The summed E-state index contributed by atoms with van der Waals surface area (Å²) in [5.41, 5.74) is 1.54. The van der Waals surface area contributed by atoms with E-state index in [0.29, 0.717) is 18.4 Å². The Bertz CT molecular complexity index is 458. The van der Waals surface area contributed by atoms with Crippen molar-refractivity contribution in [3.63, 3.8) is 0 Å². The number of hydrogen-bond donors (Lipinski definition) is 1. The first-order valence-corrected chi connectivity index (χ1v) is 5.84. The number of aryl methyl sites for hydroxylation is 1. The van der Waals surface area contributed by atoms with Crippen LogP contribution in [0, 0.1) is 12.8 Å². The summed E-state index contributed by atoms with van der Waals surface area (Å²) in [5.74, 6) is -0.475. The number of aromatic hydroxyl groups is 1. The number of hydrogen-bond acceptors (Lipinski definition) is 3. The lowest BCUT2D eigenvalue weighted by Gasteiger charge is -2.25. The summed E-state index contributed by atoms with van der Waals surface area (Å²) >= 11 is 0. The highest BCUT2D eigenvalue weighted by molar-refractivity contribution is 6.09. The van der Waals surface area contributed by atoms with E-state index in [1.165, 1.54) is 6.07 Å². The van der Waals surface area contributed by atoms with Crippen LogP contribution in [-0.2, 0) is 9.59 Å². The fraction of sp³-hybridized carbons (Fsp3) is 0.429. The summed E-state index contributed by atoms with van der Waals surface area (Å²) in [4.78, 5) is 24.0. The zero-order chi connectivity index (χ0) is 12.6. The van der Waals surface area contributed by atoms with Crippen LogP contribution in [0.4, 0.5) is 0 Å². The fourth-order valence-corrected chi connectivity index (χ4v) is 2.46. The van der Waals surface area contributed by atoms with Gasteiger partial charge in [0.1, 0.15) is 23.2 Å². The number of phenols is 1. The summed E-state index contributed by atoms with van der Waals surface area (Å²) in [6, 6.07) is 4.84. The van der Waals surface area contributed by atoms with Crippen molar-refractivity contribution in [3.8, 4) is 5.75 Å². The van der Waals surface area contributed by atoms with Gasteiger partial charge in [0, 0.05) is 12.8 Å². The normalized spacial score (nSPS) is 25.1. The Morgan fingerprint density at radius 3 is 2.35 bits per heavy atom. The smallest absolute Gasteiger partial charge is 0.148 e. The van der Waals surface area contributed by atoms with E-state index >= 15 is 0 Å². The van der Waals surface area contributed by atoms with Gasteiger partial charge in [0.15, 0.2) is 0 Å². The van der Waals surface area contributed by atoms with E-state index in [0.717, 1.165) is 5.56 Å². The average molecular weight is 232 g/mol. The van der Waals surface area contributed by atoms with Gasteiger partial charge in [0.25, 0.3) is 0 Å². The van der Waals surface area contributed by atoms with Crippen molar-refractivity contribution in [1.82, 2.24) is 0 Å². The maximum absolute atomic E-state index is 12.0.